The lowest BCUT2D eigenvalue weighted by Crippen LogP contribution is -2.48. The number of nitro groups is 1. The van der Waals surface area contributed by atoms with Gasteiger partial charge in [-0.1, -0.05) is 0 Å². The Bertz CT molecular complexity index is 736. The number of nitriles is 1. The van der Waals surface area contributed by atoms with Crippen molar-refractivity contribution in [1.82, 2.24) is 5.32 Å². The van der Waals surface area contributed by atoms with E-state index in [-0.39, 0.29) is 17.2 Å². The van der Waals surface area contributed by atoms with E-state index in [9.17, 15) is 25.0 Å². The second-order valence-corrected chi connectivity index (χ2v) is 5.97. The van der Waals surface area contributed by atoms with Crippen LogP contribution in [0.1, 0.15) is 35.7 Å². The van der Waals surface area contributed by atoms with Crippen molar-refractivity contribution in [2.45, 2.75) is 32.2 Å². The molecule has 1 amide bonds. The molecule has 1 aromatic carbocycles. The van der Waals surface area contributed by atoms with Gasteiger partial charge in [-0.25, -0.2) is 4.79 Å². The number of hydrogen-bond donors (Lipinski definition) is 1. The molecule has 0 bridgehead atoms. The van der Waals surface area contributed by atoms with Crippen LogP contribution >= 0.6 is 0 Å². The molecule has 8 heteroatoms. The average Bonchev–Trinajstić information content (AvgIpc) is 3.37. The predicted octanol–water partition coefficient (Wildman–Crippen LogP) is 1.87. The molecule has 0 saturated heterocycles. The van der Waals surface area contributed by atoms with E-state index in [1.807, 2.05) is 0 Å². The van der Waals surface area contributed by atoms with Crippen molar-refractivity contribution in [1.29, 1.82) is 5.26 Å². The molecule has 126 valence electrons. The molecule has 0 radical (unpaired) electrons. The van der Waals surface area contributed by atoms with Crippen LogP contribution in [0, 0.1) is 34.3 Å². The van der Waals surface area contributed by atoms with Gasteiger partial charge in [-0.3, -0.25) is 14.9 Å². The van der Waals surface area contributed by atoms with Crippen molar-refractivity contribution in [3.05, 3.63) is 39.4 Å². The van der Waals surface area contributed by atoms with Gasteiger partial charge in [0.1, 0.15) is 5.54 Å². The maximum Gasteiger partial charge on any atom is 0.338 e. The Morgan fingerprint density at radius 3 is 2.67 bits per heavy atom. The minimum absolute atomic E-state index is 0.0986. The molecule has 0 unspecified atom stereocenters. The first kappa shape index (κ1) is 17.4. The van der Waals surface area contributed by atoms with E-state index < -0.39 is 28.9 Å². The molecule has 0 heterocycles. The Morgan fingerprint density at radius 1 is 1.50 bits per heavy atom. The monoisotopic (exact) mass is 331 g/mol. The molecule has 0 aliphatic heterocycles. The van der Waals surface area contributed by atoms with E-state index in [1.54, 1.807) is 6.92 Å². The molecular weight excluding hydrogens is 314 g/mol. The van der Waals surface area contributed by atoms with Gasteiger partial charge < -0.3 is 10.1 Å². The number of carbonyl (C=O) groups is 2. The number of carbonyl (C=O) groups excluding carboxylic acids is 2. The van der Waals surface area contributed by atoms with E-state index in [4.69, 9.17) is 4.74 Å². The fourth-order valence-electron chi connectivity index (χ4n) is 2.41. The molecule has 1 atom stereocenters. The highest BCUT2D eigenvalue weighted by Crippen LogP contribution is 2.39. The Hall–Kier alpha value is -2.95. The molecule has 1 N–H and O–H groups in total. The number of nitrogens with zero attached hydrogens (tertiary/aromatic N) is 2. The minimum atomic E-state index is -0.951. The fraction of sp³-hybridized carbons (Fsp3) is 0.438. The molecule has 1 fully saturated rings. The SMILES string of the molecule is Cc1cc(C(=O)OCC(=O)N[C@](C)(C#N)C2CC2)ccc1[N+](=O)[O-]. The maximum atomic E-state index is 11.9. The van der Waals surface area contributed by atoms with Gasteiger partial charge in [0.2, 0.25) is 0 Å². The summed E-state index contributed by atoms with van der Waals surface area (Å²) >= 11 is 0. The largest absolute Gasteiger partial charge is 0.452 e. The van der Waals surface area contributed by atoms with Gasteiger partial charge in [-0.2, -0.15) is 5.26 Å². The highest BCUT2D eigenvalue weighted by atomic mass is 16.6. The molecule has 0 aromatic heterocycles. The van der Waals surface area contributed by atoms with Crippen molar-refractivity contribution in [3.8, 4) is 6.07 Å². The Balaban J connectivity index is 1.93. The summed E-state index contributed by atoms with van der Waals surface area (Å²) in [7, 11) is 0. The summed E-state index contributed by atoms with van der Waals surface area (Å²) in [5.41, 5.74) is -0.604. The number of aryl methyl sites for hydroxylation is 1. The Labute approximate surface area is 138 Å². The normalized spacial score (nSPS) is 15.7. The lowest BCUT2D eigenvalue weighted by atomic mass is 9.98. The van der Waals surface area contributed by atoms with Crippen molar-refractivity contribution in [2.24, 2.45) is 5.92 Å². The number of amides is 1. The van der Waals surface area contributed by atoms with Crippen LogP contribution in [0.4, 0.5) is 5.69 Å². The van der Waals surface area contributed by atoms with E-state index >= 15 is 0 Å². The molecule has 24 heavy (non-hydrogen) atoms. The molecule has 1 saturated carbocycles. The number of hydrogen-bond acceptors (Lipinski definition) is 6. The predicted molar refractivity (Wildman–Crippen MR) is 83.0 cm³/mol. The van der Waals surface area contributed by atoms with Crippen molar-refractivity contribution >= 4 is 17.6 Å². The second kappa shape index (κ2) is 6.66. The zero-order valence-corrected chi connectivity index (χ0v) is 13.4. The highest BCUT2D eigenvalue weighted by molar-refractivity contribution is 5.92. The van der Waals surface area contributed by atoms with Crippen LogP contribution in [0.15, 0.2) is 18.2 Å². The van der Waals surface area contributed by atoms with Crippen molar-refractivity contribution in [3.63, 3.8) is 0 Å². The number of ether oxygens (including phenoxy) is 1. The molecule has 1 aliphatic rings. The summed E-state index contributed by atoms with van der Waals surface area (Å²) in [6.07, 6.45) is 1.76. The quantitative estimate of drug-likeness (QED) is 0.482. The summed E-state index contributed by atoms with van der Waals surface area (Å²) in [5, 5.41) is 22.5. The fourth-order valence-corrected chi connectivity index (χ4v) is 2.41. The molecule has 0 spiro atoms. The molecule has 1 aliphatic carbocycles. The topological polar surface area (TPSA) is 122 Å². The summed E-state index contributed by atoms with van der Waals surface area (Å²) in [6.45, 7) is 2.64. The van der Waals surface area contributed by atoms with Crippen LogP contribution in [0.25, 0.3) is 0 Å². The number of nitro benzene ring substituents is 1. The zero-order chi connectivity index (χ0) is 17.9. The summed E-state index contributed by atoms with van der Waals surface area (Å²) in [5.74, 6) is -1.19. The van der Waals surface area contributed by atoms with Crippen LogP contribution in [0.5, 0.6) is 0 Å². The van der Waals surface area contributed by atoms with Gasteiger partial charge in [0.25, 0.3) is 11.6 Å². The highest BCUT2D eigenvalue weighted by Gasteiger charge is 2.43. The minimum Gasteiger partial charge on any atom is -0.452 e. The van der Waals surface area contributed by atoms with Crippen LogP contribution in [0.2, 0.25) is 0 Å². The van der Waals surface area contributed by atoms with Gasteiger partial charge in [0.05, 0.1) is 16.6 Å². The standard InChI is InChI=1S/C16H17N3O5/c1-10-7-11(3-6-13(10)19(22)23)15(21)24-8-14(20)18-16(2,9-17)12-4-5-12/h3,6-7,12H,4-5,8H2,1-2H3,(H,18,20)/t16-/m1/s1. The van der Waals surface area contributed by atoms with Gasteiger partial charge in [0, 0.05) is 11.6 Å². The van der Waals surface area contributed by atoms with Crippen LogP contribution in [0.3, 0.4) is 0 Å². The summed E-state index contributed by atoms with van der Waals surface area (Å²) < 4.78 is 4.91. The third-order valence-electron chi connectivity index (χ3n) is 3.99. The average molecular weight is 331 g/mol. The van der Waals surface area contributed by atoms with Gasteiger partial charge in [0.15, 0.2) is 6.61 Å². The Kier molecular flexibility index (Phi) is 4.83. The van der Waals surface area contributed by atoms with Crippen molar-refractivity contribution in [2.75, 3.05) is 6.61 Å². The third-order valence-corrected chi connectivity index (χ3v) is 3.99. The van der Waals surface area contributed by atoms with E-state index in [0.717, 1.165) is 12.8 Å². The zero-order valence-electron chi connectivity index (χ0n) is 13.4. The maximum absolute atomic E-state index is 11.9. The summed E-state index contributed by atoms with van der Waals surface area (Å²) in [4.78, 5) is 34.0. The summed E-state index contributed by atoms with van der Waals surface area (Å²) in [6, 6.07) is 5.90. The smallest absolute Gasteiger partial charge is 0.338 e. The molecule has 2 rings (SSSR count). The van der Waals surface area contributed by atoms with E-state index in [0.29, 0.717) is 5.56 Å². The second-order valence-electron chi connectivity index (χ2n) is 5.97. The lowest BCUT2D eigenvalue weighted by molar-refractivity contribution is -0.385. The first-order chi connectivity index (χ1) is 11.3. The number of rotatable bonds is 6. The lowest BCUT2D eigenvalue weighted by Gasteiger charge is -2.22. The number of esters is 1. The molecule has 8 nitrogen and oxygen atoms in total. The van der Waals surface area contributed by atoms with Crippen molar-refractivity contribution < 1.29 is 19.2 Å². The molecular formula is C16H17N3O5. The number of benzene rings is 1. The first-order valence-corrected chi connectivity index (χ1v) is 7.41. The number of nitrogens with one attached hydrogen (secondary N) is 1. The van der Waals surface area contributed by atoms with Crippen LogP contribution < -0.4 is 5.32 Å². The van der Waals surface area contributed by atoms with Gasteiger partial charge >= 0.3 is 5.97 Å². The third kappa shape index (κ3) is 3.87. The van der Waals surface area contributed by atoms with Gasteiger partial charge in [-0.05, 0) is 44.7 Å². The molecule has 1 aromatic rings. The van der Waals surface area contributed by atoms with Crippen LogP contribution in [-0.4, -0.2) is 28.9 Å². The van der Waals surface area contributed by atoms with Gasteiger partial charge in [-0.15, -0.1) is 0 Å². The first-order valence-electron chi connectivity index (χ1n) is 7.41. The Morgan fingerprint density at radius 2 is 2.17 bits per heavy atom. The van der Waals surface area contributed by atoms with E-state index in [1.165, 1.54) is 25.1 Å². The van der Waals surface area contributed by atoms with Crippen LogP contribution in [-0.2, 0) is 9.53 Å². The van der Waals surface area contributed by atoms with E-state index in [2.05, 4.69) is 11.4 Å².